The minimum atomic E-state index is -0.245. The summed E-state index contributed by atoms with van der Waals surface area (Å²) >= 11 is 3.43. The molecular weight excluding hydrogens is 230 g/mol. The van der Waals surface area contributed by atoms with Gasteiger partial charge >= 0.3 is 0 Å². The van der Waals surface area contributed by atoms with Crippen molar-refractivity contribution in [2.75, 3.05) is 13.2 Å². The van der Waals surface area contributed by atoms with Crippen molar-refractivity contribution in [1.29, 1.82) is 0 Å². The minimum absolute atomic E-state index is 0.245. The summed E-state index contributed by atoms with van der Waals surface area (Å²) in [5.41, 5.74) is 8.31. The predicted molar refractivity (Wildman–Crippen MR) is 55.6 cm³/mol. The van der Waals surface area contributed by atoms with Crippen LogP contribution >= 0.6 is 15.9 Å². The average molecular weight is 242 g/mol. The van der Waals surface area contributed by atoms with Gasteiger partial charge in [0.15, 0.2) is 0 Å². The number of nitrogens with two attached hydrogens (primary N) is 1. The molecule has 0 radical (unpaired) electrons. The number of hydrogen-bond acceptors (Lipinski definition) is 2. The molecule has 2 N–H and O–H groups in total. The quantitative estimate of drug-likeness (QED) is 0.816. The van der Waals surface area contributed by atoms with Gasteiger partial charge in [-0.15, -0.1) is 0 Å². The van der Waals surface area contributed by atoms with Crippen molar-refractivity contribution < 1.29 is 4.74 Å². The fourth-order valence-corrected chi connectivity index (χ4v) is 2.14. The molecular formula is C10H12BrNO. The Hall–Kier alpha value is -0.380. The van der Waals surface area contributed by atoms with Gasteiger partial charge in [0.1, 0.15) is 0 Å². The number of halogens is 1. The van der Waals surface area contributed by atoms with Crippen LogP contribution in [0, 0.1) is 6.92 Å². The minimum Gasteiger partial charge on any atom is -0.377 e. The van der Waals surface area contributed by atoms with Crippen LogP contribution in [0.15, 0.2) is 22.7 Å². The van der Waals surface area contributed by atoms with E-state index in [9.17, 15) is 0 Å². The SMILES string of the molecule is Cc1cc(Br)ccc1C1(N)COC1. The Morgan fingerprint density at radius 3 is 2.62 bits per heavy atom. The lowest BCUT2D eigenvalue weighted by Gasteiger charge is -2.39. The van der Waals surface area contributed by atoms with E-state index in [1.54, 1.807) is 0 Å². The molecule has 70 valence electrons. The Morgan fingerprint density at radius 2 is 2.15 bits per heavy atom. The summed E-state index contributed by atoms with van der Waals surface area (Å²) in [5, 5.41) is 0. The van der Waals surface area contributed by atoms with Gasteiger partial charge in [0.25, 0.3) is 0 Å². The van der Waals surface area contributed by atoms with Gasteiger partial charge in [-0.3, -0.25) is 0 Å². The van der Waals surface area contributed by atoms with E-state index < -0.39 is 0 Å². The highest BCUT2D eigenvalue weighted by Crippen LogP contribution is 2.30. The summed E-state index contributed by atoms with van der Waals surface area (Å²) in [4.78, 5) is 0. The standard InChI is InChI=1S/C10H12BrNO/c1-7-4-8(11)2-3-9(7)10(12)5-13-6-10/h2-4H,5-6,12H2,1H3. The number of rotatable bonds is 1. The zero-order valence-corrected chi connectivity index (χ0v) is 9.10. The van der Waals surface area contributed by atoms with Crippen LogP contribution in [0.1, 0.15) is 11.1 Å². The molecule has 3 heteroatoms. The summed E-state index contributed by atoms with van der Waals surface area (Å²) < 4.78 is 6.24. The van der Waals surface area contributed by atoms with E-state index in [0.717, 1.165) is 4.47 Å². The van der Waals surface area contributed by atoms with Crippen molar-refractivity contribution in [2.45, 2.75) is 12.5 Å². The highest BCUT2D eigenvalue weighted by Gasteiger charge is 2.36. The van der Waals surface area contributed by atoms with Crippen LogP contribution in [0.5, 0.6) is 0 Å². The van der Waals surface area contributed by atoms with Crippen LogP contribution in [0.2, 0.25) is 0 Å². The smallest absolute Gasteiger partial charge is 0.0886 e. The maximum absolute atomic E-state index is 6.13. The summed E-state index contributed by atoms with van der Waals surface area (Å²) in [6, 6.07) is 6.18. The van der Waals surface area contributed by atoms with Gasteiger partial charge in [-0.2, -0.15) is 0 Å². The second-order valence-corrected chi connectivity index (χ2v) is 4.52. The molecule has 0 spiro atoms. The maximum atomic E-state index is 6.13. The average Bonchev–Trinajstić information content (AvgIpc) is 2.00. The topological polar surface area (TPSA) is 35.2 Å². The van der Waals surface area contributed by atoms with Gasteiger partial charge in [-0.25, -0.2) is 0 Å². The first kappa shape index (κ1) is 9.19. The van der Waals surface area contributed by atoms with Crippen molar-refractivity contribution in [2.24, 2.45) is 5.73 Å². The van der Waals surface area contributed by atoms with Gasteiger partial charge in [-0.05, 0) is 30.2 Å². The molecule has 0 aromatic heterocycles. The van der Waals surface area contributed by atoms with E-state index in [2.05, 4.69) is 35.0 Å². The molecule has 0 unspecified atom stereocenters. The van der Waals surface area contributed by atoms with Crippen LogP contribution in [0.3, 0.4) is 0 Å². The molecule has 1 saturated heterocycles. The number of hydrogen-bond donors (Lipinski definition) is 1. The summed E-state index contributed by atoms with van der Waals surface area (Å²) in [5.74, 6) is 0. The Morgan fingerprint density at radius 1 is 1.46 bits per heavy atom. The van der Waals surface area contributed by atoms with E-state index in [0.29, 0.717) is 13.2 Å². The summed E-state index contributed by atoms with van der Waals surface area (Å²) in [6.07, 6.45) is 0. The third kappa shape index (κ3) is 1.52. The van der Waals surface area contributed by atoms with Crippen molar-refractivity contribution in [1.82, 2.24) is 0 Å². The monoisotopic (exact) mass is 241 g/mol. The van der Waals surface area contributed by atoms with Crippen LogP contribution in [-0.4, -0.2) is 13.2 Å². The molecule has 0 bridgehead atoms. The van der Waals surface area contributed by atoms with E-state index in [1.165, 1.54) is 11.1 Å². The highest BCUT2D eigenvalue weighted by molar-refractivity contribution is 9.10. The second-order valence-electron chi connectivity index (χ2n) is 3.61. The Balaban J connectivity index is 2.40. The van der Waals surface area contributed by atoms with Gasteiger partial charge in [0, 0.05) is 4.47 Å². The lowest BCUT2D eigenvalue weighted by atomic mass is 9.86. The molecule has 1 heterocycles. The predicted octanol–water partition coefficient (Wildman–Crippen LogP) is 1.94. The van der Waals surface area contributed by atoms with Gasteiger partial charge in [0.2, 0.25) is 0 Å². The zero-order chi connectivity index (χ0) is 9.47. The van der Waals surface area contributed by atoms with E-state index in [-0.39, 0.29) is 5.54 Å². The number of ether oxygens (including phenoxy) is 1. The molecule has 1 aliphatic rings. The third-order valence-electron chi connectivity index (χ3n) is 2.44. The number of aryl methyl sites for hydroxylation is 1. The molecule has 2 rings (SSSR count). The van der Waals surface area contributed by atoms with Crippen molar-refractivity contribution in [3.63, 3.8) is 0 Å². The third-order valence-corrected chi connectivity index (χ3v) is 2.94. The first-order valence-corrected chi connectivity index (χ1v) is 5.04. The Bertz CT molecular complexity index is 334. The normalized spacial score (nSPS) is 19.6. The summed E-state index contributed by atoms with van der Waals surface area (Å²) in [7, 11) is 0. The van der Waals surface area contributed by atoms with E-state index in [1.807, 2.05) is 6.07 Å². The van der Waals surface area contributed by atoms with Crippen LogP contribution in [0.25, 0.3) is 0 Å². The number of benzene rings is 1. The molecule has 0 atom stereocenters. The fourth-order valence-electron chi connectivity index (χ4n) is 1.66. The molecule has 1 aromatic carbocycles. The van der Waals surface area contributed by atoms with Gasteiger partial charge in [-0.1, -0.05) is 22.0 Å². The first-order chi connectivity index (χ1) is 6.12. The molecule has 2 nitrogen and oxygen atoms in total. The van der Waals surface area contributed by atoms with Crippen molar-refractivity contribution >= 4 is 15.9 Å². The largest absolute Gasteiger partial charge is 0.377 e. The lowest BCUT2D eigenvalue weighted by Crippen LogP contribution is -2.54. The van der Waals surface area contributed by atoms with E-state index in [4.69, 9.17) is 10.5 Å². The summed E-state index contributed by atoms with van der Waals surface area (Å²) in [6.45, 7) is 3.35. The molecule has 1 fully saturated rings. The van der Waals surface area contributed by atoms with Gasteiger partial charge < -0.3 is 10.5 Å². The molecule has 1 aromatic rings. The first-order valence-electron chi connectivity index (χ1n) is 4.25. The van der Waals surface area contributed by atoms with E-state index >= 15 is 0 Å². The molecule has 1 aliphatic heterocycles. The van der Waals surface area contributed by atoms with Gasteiger partial charge in [0.05, 0.1) is 18.8 Å². The lowest BCUT2D eigenvalue weighted by molar-refractivity contribution is -0.0572. The van der Waals surface area contributed by atoms with Crippen molar-refractivity contribution in [3.05, 3.63) is 33.8 Å². The maximum Gasteiger partial charge on any atom is 0.0886 e. The van der Waals surface area contributed by atoms with Crippen LogP contribution < -0.4 is 5.73 Å². The molecule has 0 amide bonds. The molecule has 0 aliphatic carbocycles. The zero-order valence-electron chi connectivity index (χ0n) is 7.51. The van der Waals surface area contributed by atoms with Crippen molar-refractivity contribution in [3.8, 4) is 0 Å². The Labute approximate surface area is 86.2 Å². The fraction of sp³-hybridized carbons (Fsp3) is 0.400. The van der Waals surface area contributed by atoms with Crippen LogP contribution in [-0.2, 0) is 10.3 Å². The molecule has 0 saturated carbocycles. The Kier molecular flexibility index (Phi) is 2.18. The molecule has 13 heavy (non-hydrogen) atoms. The van der Waals surface area contributed by atoms with Crippen LogP contribution in [0.4, 0.5) is 0 Å². The second kappa shape index (κ2) is 3.08. The highest BCUT2D eigenvalue weighted by atomic mass is 79.9.